The number of carbonyl (C=O) groups is 1. The number of rotatable bonds is 12. The summed E-state index contributed by atoms with van der Waals surface area (Å²) in [6, 6.07) is 15.7. The van der Waals surface area contributed by atoms with Crippen molar-refractivity contribution < 1.29 is 44.3 Å². The number of aryl methyl sites for hydroxylation is 1. The van der Waals surface area contributed by atoms with Crippen molar-refractivity contribution >= 4 is 55.2 Å². The molecule has 1 saturated carbocycles. The van der Waals surface area contributed by atoms with Crippen molar-refractivity contribution in [2.45, 2.75) is 43.7 Å². The van der Waals surface area contributed by atoms with Gasteiger partial charge in [0.1, 0.15) is 41.1 Å². The van der Waals surface area contributed by atoms with Crippen molar-refractivity contribution in [3.8, 4) is 22.6 Å². The molecule has 13 nitrogen and oxygen atoms in total. The number of sulfonamides is 1. The van der Waals surface area contributed by atoms with E-state index in [1.807, 2.05) is 0 Å². The highest BCUT2D eigenvalue weighted by molar-refractivity contribution is 7.92. The quantitative estimate of drug-likeness (QED) is 0.118. The Balaban J connectivity index is 1.27. The largest absolute Gasteiger partial charge is 0.496 e. The first-order valence-corrected chi connectivity index (χ1v) is 21.5. The van der Waals surface area contributed by atoms with Gasteiger partial charge >= 0.3 is 0 Å². The van der Waals surface area contributed by atoms with Crippen LogP contribution in [0.3, 0.4) is 0 Å². The van der Waals surface area contributed by atoms with Crippen LogP contribution < -0.4 is 20.3 Å². The SMILES string of the molecule is COc1ccccc1-c1ccc2c(=O)n(-c3ccc(Cl)c4c(NS(C)(=O)=O)nn(C)c34)c([C@H](Cc3cc(F)cc(F)c3)NC(=O)Cn3nc(C(F)F)c4c3C(F)(F)[C@@H]3C[C@@H]43)nc2c1. The zero-order valence-corrected chi connectivity index (χ0v) is 34.7. The van der Waals surface area contributed by atoms with Gasteiger partial charge in [0.15, 0.2) is 5.82 Å². The Kier molecular flexibility index (Phi) is 10.1. The zero-order valence-electron chi connectivity index (χ0n) is 33.1. The topological polar surface area (TPSA) is 155 Å². The van der Waals surface area contributed by atoms with Crippen molar-refractivity contribution in [3.05, 3.63) is 128 Å². The summed E-state index contributed by atoms with van der Waals surface area (Å²) in [5, 5.41) is 10.9. The van der Waals surface area contributed by atoms with Crippen LogP contribution in [0.25, 0.3) is 38.6 Å². The van der Waals surface area contributed by atoms with Gasteiger partial charge in [0, 0.05) is 36.6 Å². The van der Waals surface area contributed by atoms with E-state index in [1.165, 1.54) is 37.0 Å². The summed E-state index contributed by atoms with van der Waals surface area (Å²) < 4.78 is 125. The van der Waals surface area contributed by atoms with Gasteiger partial charge in [-0.15, -0.1) is 0 Å². The molecule has 9 rings (SSSR count). The Bertz CT molecular complexity index is 3210. The average Bonchev–Trinajstić information content (AvgIpc) is 3.75. The number of hydrogen-bond donors (Lipinski definition) is 2. The number of amides is 1. The van der Waals surface area contributed by atoms with Gasteiger partial charge in [0.25, 0.3) is 17.9 Å². The summed E-state index contributed by atoms with van der Waals surface area (Å²) in [6.07, 6.45) is -2.78. The van der Waals surface area contributed by atoms with Crippen LogP contribution in [0.4, 0.5) is 32.2 Å². The highest BCUT2D eigenvalue weighted by atomic mass is 35.5. The molecule has 0 spiro atoms. The van der Waals surface area contributed by atoms with Crippen LogP contribution in [0.15, 0.2) is 77.6 Å². The van der Waals surface area contributed by atoms with Gasteiger partial charge in [-0.2, -0.15) is 19.0 Å². The van der Waals surface area contributed by atoms with Gasteiger partial charge in [-0.3, -0.25) is 28.2 Å². The first-order chi connectivity index (χ1) is 29.8. The number of methoxy groups -OCH3 is 1. The molecule has 1 amide bonds. The second kappa shape index (κ2) is 15.1. The van der Waals surface area contributed by atoms with Gasteiger partial charge in [-0.05, 0) is 65.9 Å². The molecular weight excluding hydrogens is 878 g/mol. The number of anilines is 1. The molecule has 3 atom stereocenters. The highest BCUT2D eigenvalue weighted by Crippen LogP contribution is 2.68. The lowest BCUT2D eigenvalue weighted by Gasteiger charge is -2.24. The smallest absolute Gasteiger partial charge is 0.293 e. The predicted octanol–water partition coefficient (Wildman–Crippen LogP) is 7.69. The Morgan fingerprint density at radius 1 is 1.03 bits per heavy atom. The van der Waals surface area contributed by atoms with Crippen LogP contribution in [-0.4, -0.2) is 56.8 Å². The fraction of sp³-hybridized carbons (Fsp3) is 0.262. The van der Waals surface area contributed by atoms with E-state index in [0.717, 1.165) is 23.0 Å². The number of carbonyl (C=O) groups excluding carboxylic acids is 1. The molecule has 3 aromatic heterocycles. The monoisotopic (exact) mass is 910 g/mol. The second-order valence-corrected chi connectivity index (χ2v) is 17.6. The number of hydrogen-bond acceptors (Lipinski definition) is 8. The van der Waals surface area contributed by atoms with Crippen molar-refractivity contribution in [3.63, 3.8) is 0 Å². The van der Waals surface area contributed by atoms with E-state index in [0.29, 0.717) is 27.6 Å². The van der Waals surface area contributed by atoms with Gasteiger partial charge in [0.05, 0.1) is 51.9 Å². The minimum atomic E-state index is -3.92. The van der Waals surface area contributed by atoms with Crippen molar-refractivity contribution in [1.82, 2.24) is 34.4 Å². The van der Waals surface area contributed by atoms with E-state index in [2.05, 4.69) is 20.2 Å². The molecule has 7 aromatic rings. The molecule has 0 unspecified atom stereocenters. The third-order valence-corrected chi connectivity index (χ3v) is 12.1. The molecule has 0 aliphatic heterocycles. The van der Waals surface area contributed by atoms with Gasteiger partial charge in [0.2, 0.25) is 15.9 Å². The van der Waals surface area contributed by atoms with Crippen LogP contribution >= 0.6 is 11.6 Å². The molecule has 0 saturated heterocycles. The number of alkyl halides is 4. The van der Waals surface area contributed by atoms with Gasteiger partial charge < -0.3 is 10.1 Å². The van der Waals surface area contributed by atoms with Crippen molar-refractivity contribution in [2.24, 2.45) is 13.0 Å². The van der Waals surface area contributed by atoms with E-state index < -0.39 is 87.7 Å². The number of fused-ring (bicyclic) bond motifs is 5. The van der Waals surface area contributed by atoms with E-state index in [4.69, 9.17) is 21.3 Å². The van der Waals surface area contributed by atoms with Crippen LogP contribution in [0.5, 0.6) is 5.75 Å². The lowest BCUT2D eigenvalue weighted by atomic mass is 10.0. The van der Waals surface area contributed by atoms with E-state index in [9.17, 15) is 30.8 Å². The van der Waals surface area contributed by atoms with Crippen molar-refractivity contribution in [1.29, 1.82) is 0 Å². The van der Waals surface area contributed by atoms with Crippen molar-refractivity contribution in [2.75, 3.05) is 18.1 Å². The minimum absolute atomic E-state index is 0.00570. The number of halogens is 7. The van der Waals surface area contributed by atoms with Gasteiger partial charge in [-0.1, -0.05) is 35.9 Å². The summed E-state index contributed by atoms with van der Waals surface area (Å²) >= 11 is 6.64. The third kappa shape index (κ3) is 7.33. The molecule has 0 bridgehead atoms. The summed E-state index contributed by atoms with van der Waals surface area (Å²) in [6.45, 7) is -0.985. The predicted molar refractivity (Wildman–Crippen MR) is 220 cm³/mol. The Hall–Kier alpha value is -6.41. The molecule has 326 valence electrons. The first-order valence-electron chi connectivity index (χ1n) is 19.2. The van der Waals surface area contributed by atoms with E-state index in [-0.39, 0.29) is 61.7 Å². The molecule has 3 heterocycles. The Morgan fingerprint density at radius 3 is 2.46 bits per heavy atom. The fourth-order valence-electron chi connectivity index (χ4n) is 8.63. The number of para-hydroxylation sites is 1. The third-order valence-electron chi connectivity index (χ3n) is 11.2. The molecule has 2 N–H and O–H groups in total. The van der Waals surface area contributed by atoms with Crippen LogP contribution in [0, 0.1) is 17.6 Å². The van der Waals surface area contributed by atoms with Crippen LogP contribution in [-0.2, 0) is 40.8 Å². The molecular formula is C42H33ClF6N8O5S. The molecule has 1 fully saturated rings. The maximum absolute atomic E-state index is 15.5. The number of aromatic nitrogens is 6. The second-order valence-electron chi connectivity index (χ2n) is 15.5. The summed E-state index contributed by atoms with van der Waals surface area (Å²) in [7, 11) is -0.976. The Morgan fingerprint density at radius 2 is 1.76 bits per heavy atom. The highest BCUT2D eigenvalue weighted by Gasteiger charge is 2.67. The van der Waals surface area contributed by atoms with E-state index >= 15 is 13.6 Å². The molecule has 0 radical (unpaired) electrons. The van der Waals surface area contributed by atoms with Crippen LogP contribution in [0.1, 0.15) is 53.1 Å². The Labute approximate surface area is 358 Å². The standard InChI is InChI=1S/C42H33ClF6N8O5S/c1-55-36-30(11-10-27(43)34(36)39(53-55)54-63(3,60)61)57-40(51-28-15-20(8-9-24(28)41(57)59)23-6-4-5-7-31(23)62-2)29(14-19-12-21(44)16-22(45)13-19)50-32(58)18-56-37-33(35(52-56)38(46)47)25-17-26(25)42(37,48)49/h4-13,15-16,25-26,29,38H,14,17-18H2,1-3H3,(H,50,58)(H,53,54)/t25-,26-,29+/m1/s1. The molecule has 2 aliphatic rings. The fourth-order valence-corrected chi connectivity index (χ4v) is 9.37. The molecule has 21 heteroatoms. The summed E-state index contributed by atoms with van der Waals surface area (Å²) in [4.78, 5) is 34.1. The first kappa shape index (κ1) is 41.9. The van der Waals surface area contributed by atoms with E-state index in [1.54, 1.807) is 36.4 Å². The lowest BCUT2D eigenvalue weighted by Crippen LogP contribution is -2.38. The maximum atomic E-state index is 15.5. The van der Waals surface area contributed by atoms with Crippen LogP contribution in [0.2, 0.25) is 5.02 Å². The lowest BCUT2D eigenvalue weighted by molar-refractivity contribution is -0.123. The molecule has 4 aromatic carbocycles. The summed E-state index contributed by atoms with van der Waals surface area (Å²) in [5.41, 5.74) is -1.31. The number of benzene rings is 4. The average molecular weight is 911 g/mol. The number of nitrogens with one attached hydrogen (secondary N) is 2. The summed E-state index contributed by atoms with van der Waals surface area (Å²) in [5.74, 6) is -8.55. The minimum Gasteiger partial charge on any atom is -0.496 e. The molecule has 2 aliphatic carbocycles. The zero-order chi connectivity index (χ0) is 44.9. The number of nitrogens with zero attached hydrogens (tertiary/aromatic N) is 6. The maximum Gasteiger partial charge on any atom is 0.293 e. The number of ether oxygens (including phenoxy) is 1. The van der Waals surface area contributed by atoms with Gasteiger partial charge in [-0.25, -0.2) is 31.0 Å². The normalized spacial score (nSPS) is 16.9. The molecule has 63 heavy (non-hydrogen) atoms.